The van der Waals surface area contributed by atoms with Crippen molar-refractivity contribution in [3.8, 4) is 0 Å². The van der Waals surface area contributed by atoms with Crippen LogP contribution >= 0.6 is 0 Å². The van der Waals surface area contributed by atoms with Gasteiger partial charge in [0.05, 0.1) is 0 Å². The van der Waals surface area contributed by atoms with Gasteiger partial charge in [0, 0.05) is 24.2 Å². The Hall–Kier alpha value is -1.02. The molecule has 16 heavy (non-hydrogen) atoms. The number of benzene rings is 1. The fraction of sp³-hybridized carbons (Fsp3) is 0.571. The molecule has 0 aromatic heterocycles. The molecule has 0 spiro atoms. The first-order valence-corrected chi connectivity index (χ1v) is 6.36. The molecule has 0 radical (unpaired) electrons. The van der Waals surface area contributed by atoms with E-state index in [1.54, 1.807) is 5.56 Å². The molecule has 1 heterocycles. The van der Waals surface area contributed by atoms with Gasteiger partial charge in [-0.2, -0.15) is 0 Å². The number of fused-ring (bicyclic) bond motifs is 1. The van der Waals surface area contributed by atoms with Crippen LogP contribution in [0.5, 0.6) is 0 Å². The number of anilines is 1. The van der Waals surface area contributed by atoms with E-state index in [2.05, 4.69) is 35.9 Å². The predicted molar refractivity (Wildman–Crippen MR) is 68.1 cm³/mol. The van der Waals surface area contributed by atoms with Crippen molar-refractivity contribution < 1.29 is 0 Å². The molecule has 0 unspecified atom stereocenters. The smallest absolute Gasteiger partial charge is 0.0373 e. The van der Waals surface area contributed by atoms with E-state index in [1.165, 1.54) is 36.9 Å². The van der Waals surface area contributed by atoms with E-state index >= 15 is 0 Å². The van der Waals surface area contributed by atoms with Gasteiger partial charge in [-0.15, -0.1) is 0 Å². The molecule has 1 aliphatic heterocycles. The minimum absolute atomic E-state index is 0.437. The van der Waals surface area contributed by atoms with Crippen LogP contribution in [0.15, 0.2) is 18.2 Å². The van der Waals surface area contributed by atoms with Crippen LogP contribution in [0.3, 0.4) is 0 Å². The zero-order valence-corrected chi connectivity index (χ0v) is 9.97. The van der Waals surface area contributed by atoms with Gasteiger partial charge < -0.3 is 10.6 Å². The molecule has 3 rings (SSSR count). The highest BCUT2D eigenvalue weighted by molar-refractivity contribution is 5.57. The van der Waals surface area contributed by atoms with Crippen molar-refractivity contribution in [2.75, 3.05) is 25.5 Å². The Labute approximate surface area is 97.4 Å². The summed E-state index contributed by atoms with van der Waals surface area (Å²) in [5.41, 5.74) is 4.85. The van der Waals surface area contributed by atoms with Gasteiger partial charge in [0.2, 0.25) is 0 Å². The summed E-state index contributed by atoms with van der Waals surface area (Å²) in [6.45, 7) is 2.23. The van der Waals surface area contributed by atoms with E-state index in [-0.39, 0.29) is 0 Å². The highest BCUT2D eigenvalue weighted by atomic mass is 14.9. The van der Waals surface area contributed by atoms with Crippen LogP contribution in [0.1, 0.15) is 30.4 Å². The molecule has 2 aliphatic rings. The van der Waals surface area contributed by atoms with E-state index in [4.69, 9.17) is 0 Å². The van der Waals surface area contributed by atoms with E-state index in [1.807, 2.05) is 0 Å². The molecule has 2 nitrogen and oxygen atoms in total. The van der Waals surface area contributed by atoms with Crippen LogP contribution < -0.4 is 10.6 Å². The fourth-order valence-corrected chi connectivity index (χ4v) is 3.14. The largest absolute Gasteiger partial charge is 0.384 e. The average molecular weight is 216 g/mol. The van der Waals surface area contributed by atoms with Crippen LogP contribution in [0.2, 0.25) is 0 Å². The zero-order valence-electron chi connectivity index (χ0n) is 9.97. The number of hydrogen-bond donors (Lipinski definition) is 2. The third kappa shape index (κ3) is 1.44. The fourth-order valence-electron chi connectivity index (χ4n) is 3.14. The summed E-state index contributed by atoms with van der Waals surface area (Å²) in [6, 6.07) is 7.03. The first-order chi connectivity index (χ1) is 7.84. The van der Waals surface area contributed by atoms with Crippen molar-refractivity contribution >= 4 is 5.69 Å². The van der Waals surface area contributed by atoms with Gasteiger partial charge in [-0.25, -0.2) is 0 Å². The van der Waals surface area contributed by atoms with Crippen molar-refractivity contribution in [1.82, 2.24) is 5.32 Å². The third-order valence-electron chi connectivity index (χ3n) is 4.25. The van der Waals surface area contributed by atoms with E-state index < -0.39 is 0 Å². The molecular weight excluding hydrogens is 196 g/mol. The Morgan fingerprint density at radius 2 is 2.25 bits per heavy atom. The first-order valence-electron chi connectivity index (χ1n) is 6.36. The number of rotatable bonds is 3. The minimum Gasteiger partial charge on any atom is -0.384 e. The molecule has 1 aromatic rings. The molecule has 0 saturated heterocycles. The molecule has 2 N–H and O–H groups in total. The lowest BCUT2D eigenvalue weighted by atomic mass is 9.64. The highest BCUT2D eigenvalue weighted by Crippen LogP contribution is 2.44. The van der Waals surface area contributed by atoms with Gasteiger partial charge in [-0.3, -0.25) is 0 Å². The molecule has 2 heteroatoms. The molecule has 1 aliphatic carbocycles. The number of hydrogen-bond acceptors (Lipinski definition) is 2. The third-order valence-corrected chi connectivity index (χ3v) is 4.25. The number of nitrogens with one attached hydrogen (secondary N) is 2. The number of likely N-dealkylation sites (N-methyl/N-ethyl adjacent to an activating group) is 1. The van der Waals surface area contributed by atoms with Crippen LogP contribution in [-0.4, -0.2) is 20.1 Å². The second-order valence-corrected chi connectivity index (χ2v) is 5.21. The van der Waals surface area contributed by atoms with Gasteiger partial charge in [-0.1, -0.05) is 18.6 Å². The Morgan fingerprint density at radius 1 is 1.38 bits per heavy atom. The Balaban J connectivity index is 1.93. The van der Waals surface area contributed by atoms with Gasteiger partial charge in [0.15, 0.2) is 0 Å². The van der Waals surface area contributed by atoms with Gasteiger partial charge in [0.1, 0.15) is 0 Å². The molecule has 0 bridgehead atoms. The topological polar surface area (TPSA) is 24.1 Å². The summed E-state index contributed by atoms with van der Waals surface area (Å²) in [4.78, 5) is 0. The summed E-state index contributed by atoms with van der Waals surface area (Å²) >= 11 is 0. The van der Waals surface area contributed by atoms with E-state index in [0.717, 1.165) is 13.1 Å². The van der Waals surface area contributed by atoms with Crippen LogP contribution in [0.4, 0.5) is 5.69 Å². The second kappa shape index (κ2) is 3.77. The summed E-state index contributed by atoms with van der Waals surface area (Å²) in [6.07, 6.45) is 5.27. The molecule has 1 fully saturated rings. The van der Waals surface area contributed by atoms with E-state index in [9.17, 15) is 0 Å². The summed E-state index contributed by atoms with van der Waals surface area (Å²) in [5.74, 6) is 0. The van der Waals surface area contributed by atoms with Gasteiger partial charge in [0.25, 0.3) is 0 Å². The SMILES string of the molecule is CNCC1(c2ccc3c(c2)CCN3)CCC1. The lowest BCUT2D eigenvalue weighted by Crippen LogP contribution is -2.42. The van der Waals surface area contributed by atoms with Crippen LogP contribution in [-0.2, 0) is 11.8 Å². The van der Waals surface area contributed by atoms with Crippen molar-refractivity contribution in [3.05, 3.63) is 29.3 Å². The van der Waals surface area contributed by atoms with Crippen molar-refractivity contribution in [3.63, 3.8) is 0 Å². The maximum absolute atomic E-state index is 3.43. The standard InChI is InChI=1S/C14H20N2/c1-15-10-14(6-2-7-14)12-3-4-13-11(9-12)5-8-16-13/h3-4,9,15-16H,2,5-8,10H2,1H3. The van der Waals surface area contributed by atoms with Crippen LogP contribution in [0.25, 0.3) is 0 Å². The lowest BCUT2D eigenvalue weighted by Gasteiger charge is -2.42. The van der Waals surface area contributed by atoms with E-state index in [0.29, 0.717) is 5.41 Å². The first kappa shape index (κ1) is 10.2. The summed E-state index contributed by atoms with van der Waals surface area (Å²) < 4.78 is 0. The second-order valence-electron chi connectivity index (χ2n) is 5.21. The molecule has 1 aromatic carbocycles. The van der Waals surface area contributed by atoms with Crippen molar-refractivity contribution in [2.45, 2.75) is 31.1 Å². The molecular formula is C14H20N2. The molecule has 0 atom stereocenters. The van der Waals surface area contributed by atoms with Crippen molar-refractivity contribution in [1.29, 1.82) is 0 Å². The highest BCUT2D eigenvalue weighted by Gasteiger charge is 2.38. The average Bonchev–Trinajstić information content (AvgIpc) is 2.70. The van der Waals surface area contributed by atoms with Gasteiger partial charge in [-0.05, 0) is 43.5 Å². The zero-order chi connectivity index (χ0) is 11.0. The molecule has 1 saturated carbocycles. The Morgan fingerprint density at radius 3 is 2.94 bits per heavy atom. The predicted octanol–water partition coefficient (Wildman–Crippen LogP) is 2.30. The summed E-state index contributed by atoms with van der Waals surface area (Å²) in [7, 11) is 2.06. The molecule has 86 valence electrons. The summed E-state index contributed by atoms with van der Waals surface area (Å²) in [5, 5.41) is 6.79. The minimum atomic E-state index is 0.437. The monoisotopic (exact) mass is 216 g/mol. The quantitative estimate of drug-likeness (QED) is 0.810. The van der Waals surface area contributed by atoms with Crippen LogP contribution in [0, 0.1) is 0 Å². The van der Waals surface area contributed by atoms with Gasteiger partial charge >= 0.3 is 0 Å². The lowest BCUT2D eigenvalue weighted by molar-refractivity contribution is 0.239. The van der Waals surface area contributed by atoms with Crippen molar-refractivity contribution in [2.24, 2.45) is 0 Å². The maximum atomic E-state index is 3.43. The maximum Gasteiger partial charge on any atom is 0.0373 e. The Bertz CT molecular complexity index is 394. The normalized spacial score (nSPS) is 21.1. The molecule has 0 amide bonds. The Kier molecular flexibility index (Phi) is 2.40.